The maximum Gasteiger partial charge on any atom is 0.407 e. The number of hydrogen-bond donors (Lipinski definition) is 2. The van der Waals surface area contributed by atoms with Crippen molar-refractivity contribution in [2.45, 2.75) is 45.9 Å². The molecule has 0 spiro atoms. The van der Waals surface area contributed by atoms with Crippen molar-refractivity contribution in [3.63, 3.8) is 0 Å². The second-order valence-electron chi connectivity index (χ2n) is 5.73. The molecule has 0 saturated carbocycles. The van der Waals surface area contributed by atoms with Crippen LogP contribution in [0.15, 0.2) is 42.5 Å². The zero-order valence-corrected chi connectivity index (χ0v) is 13.0. The molecule has 0 saturated heterocycles. The highest BCUT2D eigenvalue weighted by molar-refractivity contribution is 5.67. The molecule has 4 heteroatoms. The van der Waals surface area contributed by atoms with E-state index < -0.39 is 12.2 Å². The Morgan fingerprint density at radius 1 is 1.33 bits per heavy atom. The zero-order chi connectivity index (χ0) is 15.8. The lowest BCUT2D eigenvalue weighted by Crippen LogP contribution is -2.44. The van der Waals surface area contributed by atoms with Crippen LogP contribution in [0.4, 0.5) is 4.79 Å². The van der Waals surface area contributed by atoms with Gasteiger partial charge in [-0.1, -0.05) is 56.3 Å². The van der Waals surface area contributed by atoms with Gasteiger partial charge >= 0.3 is 6.09 Å². The number of ether oxygens (including phenoxy) is 1. The van der Waals surface area contributed by atoms with Gasteiger partial charge in [-0.25, -0.2) is 4.79 Å². The molecule has 0 aliphatic heterocycles. The van der Waals surface area contributed by atoms with Gasteiger partial charge in [0.05, 0.1) is 12.1 Å². The van der Waals surface area contributed by atoms with Crippen LogP contribution in [-0.2, 0) is 11.3 Å². The number of aliphatic hydroxyl groups excluding tert-OH is 1. The Morgan fingerprint density at radius 3 is 2.48 bits per heavy atom. The number of nitrogens with one attached hydrogen (secondary N) is 1. The summed E-state index contributed by atoms with van der Waals surface area (Å²) in [6.45, 7) is 9.77. The fourth-order valence-electron chi connectivity index (χ4n) is 2.03. The molecule has 0 radical (unpaired) electrons. The average Bonchev–Trinajstić information content (AvgIpc) is 2.44. The number of hydrogen-bond acceptors (Lipinski definition) is 3. The molecule has 0 aliphatic carbocycles. The molecule has 0 heterocycles. The summed E-state index contributed by atoms with van der Waals surface area (Å²) >= 11 is 0. The lowest BCUT2D eigenvalue weighted by Gasteiger charge is -2.25. The van der Waals surface area contributed by atoms with E-state index in [4.69, 9.17) is 4.74 Å². The predicted molar refractivity (Wildman–Crippen MR) is 83.8 cm³/mol. The van der Waals surface area contributed by atoms with Crippen LogP contribution in [0.2, 0.25) is 0 Å². The molecule has 4 nitrogen and oxygen atoms in total. The van der Waals surface area contributed by atoms with Crippen LogP contribution in [0.5, 0.6) is 0 Å². The Hall–Kier alpha value is -1.81. The molecule has 1 aromatic carbocycles. The standard InChI is InChI=1S/C17H25NO3/c1-12(2)10-15(16(19)13(3)4)18-17(20)21-11-14-8-6-5-7-9-14/h5-9,12,15-16,19H,3,10-11H2,1-2,4H3,(H,18,20)/t15-,16+/m1/s1. The maximum absolute atomic E-state index is 11.9. The van der Waals surface area contributed by atoms with Gasteiger partial charge in [0.2, 0.25) is 0 Å². The van der Waals surface area contributed by atoms with Crippen molar-refractivity contribution in [1.82, 2.24) is 5.32 Å². The van der Waals surface area contributed by atoms with Gasteiger partial charge in [-0.3, -0.25) is 0 Å². The Labute approximate surface area is 126 Å². The normalized spacial score (nSPS) is 13.6. The van der Waals surface area contributed by atoms with Crippen LogP contribution in [0.1, 0.15) is 32.8 Å². The Morgan fingerprint density at radius 2 is 1.95 bits per heavy atom. The fraction of sp³-hybridized carbons (Fsp3) is 0.471. The Balaban J connectivity index is 2.53. The fourth-order valence-corrected chi connectivity index (χ4v) is 2.03. The topological polar surface area (TPSA) is 58.6 Å². The van der Waals surface area contributed by atoms with Crippen molar-refractivity contribution in [2.24, 2.45) is 5.92 Å². The SMILES string of the molecule is C=C(C)[C@H](O)[C@@H](CC(C)C)NC(=O)OCc1ccccc1. The highest BCUT2D eigenvalue weighted by Gasteiger charge is 2.23. The third kappa shape index (κ3) is 6.45. The lowest BCUT2D eigenvalue weighted by atomic mass is 9.96. The molecule has 0 bridgehead atoms. The summed E-state index contributed by atoms with van der Waals surface area (Å²) in [5, 5.41) is 12.8. The molecule has 1 rings (SSSR count). The summed E-state index contributed by atoms with van der Waals surface area (Å²) in [6.07, 6.45) is -0.629. The number of amides is 1. The lowest BCUT2D eigenvalue weighted by molar-refractivity contribution is 0.110. The number of carbonyl (C=O) groups excluding carboxylic acids is 1. The number of alkyl carbamates (subject to hydrolysis) is 1. The summed E-state index contributed by atoms with van der Waals surface area (Å²) in [5.74, 6) is 0.346. The van der Waals surface area contributed by atoms with Gasteiger partial charge in [-0.15, -0.1) is 0 Å². The number of benzene rings is 1. The molecular formula is C17H25NO3. The quantitative estimate of drug-likeness (QED) is 0.758. The molecular weight excluding hydrogens is 266 g/mol. The van der Waals surface area contributed by atoms with Crippen molar-refractivity contribution in [3.05, 3.63) is 48.0 Å². The first-order valence-corrected chi connectivity index (χ1v) is 7.20. The van der Waals surface area contributed by atoms with E-state index in [-0.39, 0.29) is 12.6 Å². The van der Waals surface area contributed by atoms with Crippen LogP contribution in [0.3, 0.4) is 0 Å². The van der Waals surface area contributed by atoms with E-state index in [0.717, 1.165) is 5.56 Å². The number of carbonyl (C=O) groups is 1. The van der Waals surface area contributed by atoms with Gasteiger partial charge in [-0.2, -0.15) is 0 Å². The van der Waals surface area contributed by atoms with Crippen molar-refractivity contribution in [3.8, 4) is 0 Å². The minimum absolute atomic E-state index is 0.213. The van der Waals surface area contributed by atoms with Crippen molar-refractivity contribution >= 4 is 6.09 Å². The number of aliphatic hydroxyl groups is 1. The number of rotatable bonds is 7. The first-order valence-electron chi connectivity index (χ1n) is 7.20. The largest absolute Gasteiger partial charge is 0.445 e. The van der Waals surface area contributed by atoms with E-state index >= 15 is 0 Å². The molecule has 1 amide bonds. The molecule has 1 aromatic rings. The molecule has 0 aromatic heterocycles. The van der Waals surface area contributed by atoms with E-state index in [2.05, 4.69) is 11.9 Å². The zero-order valence-electron chi connectivity index (χ0n) is 13.0. The van der Waals surface area contributed by atoms with Crippen LogP contribution < -0.4 is 5.32 Å². The van der Waals surface area contributed by atoms with Crippen molar-refractivity contribution < 1.29 is 14.6 Å². The summed E-state index contributed by atoms with van der Waals surface area (Å²) < 4.78 is 5.18. The minimum Gasteiger partial charge on any atom is -0.445 e. The first kappa shape index (κ1) is 17.2. The Kier molecular flexibility index (Phi) is 6.96. The van der Waals surface area contributed by atoms with Gasteiger partial charge in [0, 0.05) is 0 Å². The van der Waals surface area contributed by atoms with Crippen molar-refractivity contribution in [2.75, 3.05) is 0 Å². The van der Waals surface area contributed by atoms with Gasteiger partial charge in [0.25, 0.3) is 0 Å². The van der Waals surface area contributed by atoms with Crippen LogP contribution in [0, 0.1) is 5.92 Å². The summed E-state index contributed by atoms with van der Waals surface area (Å²) in [4.78, 5) is 11.9. The third-order valence-electron chi connectivity index (χ3n) is 3.13. The predicted octanol–water partition coefficient (Wildman–Crippen LogP) is 3.26. The highest BCUT2D eigenvalue weighted by Crippen LogP contribution is 2.13. The molecule has 21 heavy (non-hydrogen) atoms. The first-order chi connectivity index (χ1) is 9.90. The van der Waals surface area contributed by atoms with Gasteiger partial charge in [-0.05, 0) is 24.8 Å². The van der Waals surface area contributed by atoms with Crippen LogP contribution in [0.25, 0.3) is 0 Å². The second-order valence-corrected chi connectivity index (χ2v) is 5.73. The molecule has 0 fully saturated rings. The minimum atomic E-state index is -0.767. The van der Waals surface area contributed by atoms with Crippen molar-refractivity contribution in [1.29, 1.82) is 0 Å². The Bertz CT molecular complexity index is 456. The third-order valence-corrected chi connectivity index (χ3v) is 3.13. The highest BCUT2D eigenvalue weighted by atomic mass is 16.5. The van der Waals surface area contributed by atoms with E-state index in [1.807, 2.05) is 44.2 Å². The van der Waals surface area contributed by atoms with E-state index in [1.165, 1.54) is 0 Å². The van der Waals surface area contributed by atoms with E-state index in [1.54, 1.807) is 6.92 Å². The van der Waals surface area contributed by atoms with Gasteiger partial charge in [0.15, 0.2) is 0 Å². The molecule has 0 unspecified atom stereocenters. The smallest absolute Gasteiger partial charge is 0.407 e. The maximum atomic E-state index is 11.9. The monoisotopic (exact) mass is 291 g/mol. The summed E-state index contributed by atoms with van der Waals surface area (Å²) in [5.41, 5.74) is 1.55. The summed E-state index contributed by atoms with van der Waals surface area (Å²) in [7, 11) is 0. The van der Waals surface area contributed by atoms with Crippen LogP contribution >= 0.6 is 0 Å². The second kappa shape index (κ2) is 8.47. The van der Waals surface area contributed by atoms with Gasteiger partial charge in [0.1, 0.15) is 6.61 Å². The average molecular weight is 291 g/mol. The molecule has 116 valence electrons. The molecule has 2 atom stereocenters. The van der Waals surface area contributed by atoms with E-state index in [9.17, 15) is 9.90 Å². The molecule has 2 N–H and O–H groups in total. The van der Waals surface area contributed by atoms with Crippen LogP contribution in [-0.4, -0.2) is 23.3 Å². The molecule has 0 aliphatic rings. The van der Waals surface area contributed by atoms with Gasteiger partial charge < -0.3 is 15.2 Å². The van der Waals surface area contributed by atoms with E-state index in [0.29, 0.717) is 17.9 Å². The summed E-state index contributed by atoms with van der Waals surface area (Å²) in [6, 6.07) is 9.09.